The molecule has 0 aromatic heterocycles. The van der Waals surface area contributed by atoms with Crippen molar-refractivity contribution in [2.75, 3.05) is 19.7 Å². The quantitative estimate of drug-likeness (QED) is 0.409. The number of carbonyl (C=O) groups is 2. The normalized spacial score (nSPS) is 43.0. The highest BCUT2D eigenvalue weighted by molar-refractivity contribution is 5.83. The van der Waals surface area contributed by atoms with Crippen LogP contribution in [0, 0.1) is 0 Å². The van der Waals surface area contributed by atoms with E-state index in [2.05, 4.69) is 10.6 Å². The van der Waals surface area contributed by atoms with Crippen LogP contribution < -0.4 is 10.6 Å². The van der Waals surface area contributed by atoms with Crippen LogP contribution in [-0.4, -0.2) is 85.7 Å². The highest BCUT2D eigenvalue weighted by Gasteiger charge is 2.68. The predicted molar refractivity (Wildman–Crippen MR) is 110 cm³/mol. The first-order valence-corrected chi connectivity index (χ1v) is 11.4. The molecule has 0 bridgehead atoms. The van der Waals surface area contributed by atoms with E-state index in [0.717, 1.165) is 0 Å². The van der Waals surface area contributed by atoms with Gasteiger partial charge in [-0.05, 0) is 34.6 Å². The van der Waals surface area contributed by atoms with Crippen molar-refractivity contribution in [1.29, 1.82) is 0 Å². The lowest BCUT2D eigenvalue weighted by Crippen LogP contribution is -2.72. The Morgan fingerprint density at radius 3 is 2.52 bits per heavy atom. The molecule has 5 saturated heterocycles. The highest BCUT2D eigenvalue weighted by atomic mass is 16.8. The van der Waals surface area contributed by atoms with Gasteiger partial charge in [0.2, 0.25) is 5.91 Å². The Labute approximate surface area is 192 Å². The Morgan fingerprint density at radius 1 is 1.09 bits per heavy atom. The molecule has 1 amide bonds. The topological polar surface area (TPSA) is 123 Å². The molecule has 11 heteroatoms. The lowest BCUT2D eigenvalue weighted by Gasteiger charge is -2.47. The summed E-state index contributed by atoms with van der Waals surface area (Å²) in [5.74, 6) is -2.28. The lowest BCUT2D eigenvalue weighted by atomic mass is 9.78. The van der Waals surface area contributed by atoms with Crippen LogP contribution in [0.2, 0.25) is 0 Å². The third-order valence-electron chi connectivity index (χ3n) is 6.62. The van der Waals surface area contributed by atoms with Gasteiger partial charge in [-0.2, -0.15) is 0 Å². The number of hydrogen-bond acceptors (Lipinski definition) is 10. The molecule has 184 valence electrons. The summed E-state index contributed by atoms with van der Waals surface area (Å²) in [7, 11) is 0. The third kappa shape index (κ3) is 4.09. The van der Waals surface area contributed by atoms with E-state index in [1.165, 1.54) is 6.08 Å². The minimum absolute atomic E-state index is 0.153. The average Bonchev–Trinajstić information content (AvgIpc) is 3.33. The molecule has 7 atom stereocenters. The Morgan fingerprint density at radius 2 is 1.82 bits per heavy atom. The Balaban J connectivity index is 1.23. The fourth-order valence-corrected chi connectivity index (χ4v) is 5.19. The van der Waals surface area contributed by atoms with Gasteiger partial charge in [0.25, 0.3) is 0 Å². The number of carbonyl (C=O) groups excluding carboxylic acids is 2. The van der Waals surface area contributed by atoms with E-state index in [1.807, 2.05) is 13.8 Å². The molecule has 5 aliphatic heterocycles. The summed E-state index contributed by atoms with van der Waals surface area (Å²) in [5, 5.41) is 6.26. The SMILES string of the molecule is CCOC(=O)/C=C1\[C@H]2OC(C)(C)O[C@H]2O[C@@H]1CNC(=O)C[C@]12NC[C@H]1O[C@@H]1OC(C)(C)O[C@@H]12. The van der Waals surface area contributed by atoms with Crippen LogP contribution in [-0.2, 0) is 42.7 Å². The van der Waals surface area contributed by atoms with Crippen molar-refractivity contribution >= 4 is 11.9 Å². The number of rotatable bonds is 6. The van der Waals surface area contributed by atoms with Crippen molar-refractivity contribution in [3.05, 3.63) is 11.6 Å². The molecule has 5 fully saturated rings. The van der Waals surface area contributed by atoms with Crippen LogP contribution in [0.1, 0.15) is 41.0 Å². The first kappa shape index (κ1) is 23.2. The van der Waals surface area contributed by atoms with Crippen LogP contribution >= 0.6 is 0 Å². The molecule has 0 aliphatic carbocycles. The fraction of sp³-hybridized carbons (Fsp3) is 0.818. The molecule has 5 rings (SSSR count). The van der Waals surface area contributed by atoms with Gasteiger partial charge >= 0.3 is 5.97 Å². The molecule has 0 aromatic carbocycles. The van der Waals surface area contributed by atoms with E-state index in [9.17, 15) is 9.59 Å². The van der Waals surface area contributed by atoms with Crippen molar-refractivity contribution in [2.24, 2.45) is 0 Å². The summed E-state index contributed by atoms with van der Waals surface area (Å²) < 4.78 is 40.5. The monoisotopic (exact) mass is 468 g/mol. The molecule has 33 heavy (non-hydrogen) atoms. The van der Waals surface area contributed by atoms with E-state index in [1.54, 1.807) is 20.8 Å². The summed E-state index contributed by atoms with van der Waals surface area (Å²) in [6.45, 7) is 10.00. The first-order chi connectivity index (χ1) is 15.5. The zero-order valence-electron chi connectivity index (χ0n) is 19.5. The molecule has 0 spiro atoms. The maximum absolute atomic E-state index is 12.9. The summed E-state index contributed by atoms with van der Waals surface area (Å²) in [6.07, 6.45) is -1.27. The van der Waals surface area contributed by atoms with Gasteiger partial charge in [0, 0.05) is 24.7 Å². The number of ether oxygens (including phenoxy) is 7. The van der Waals surface area contributed by atoms with Gasteiger partial charge in [0.05, 0.1) is 24.7 Å². The van der Waals surface area contributed by atoms with Crippen molar-refractivity contribution in [1.82, 2.24) is 10.6 Å². The molecule has 5 aliphatic rings. The second-order valence-electron chi connectivity index (χ2n) is 9.90. The second-order valence-corrected chi connectivity index (χ2v) is 9.90. The summed E-state index contributed by atoms with van der Waals surface area (Å²) in [5.41, 5.74) is -0.0456. The maximum Gasteiger partial charge on any atom is 0.330 e. The number of amides is 1. The summed E-state index contributed by atoms with van der Waals surface area (Å²) in [6, 6.07) is 0. The van der Waals surface area contributed by atoms with Gasteiger partial charge in [0.1, 0.15) is 18.3 Å². The minimum atomic E-state index is -0.836. The average molecular weight is 469 g/mol. The molecule has 2 N–H and O–H groups in total. The van der Waals surface area contributed by atoms with E-state index < -0.39 is 47.9 Å². The molecule has 5 heterocycles. The van der Waals surface area contributed by atoms with Gasteiger partial charge in [-0.15, -0.1) is 0 Å². The highest BCUT2D eigenvalue weighted by Crippen LogP contribution is 2.48. The Bertz CT molecular complexity index is 859. The van der Waals surface area contributed by atoms with Gasteiger partial charge in [-0.3, -0.25) is 4.79 Å². The molecule has 11 nitrogen and oxygen atoms in total. The molecular formula is C22H32N2O9. The van der Waals surface area contributed by atoms with Crippen LogP contribution in [0.5, 0.6) is 0 Å². The van der Waals surface area contributed by atoms with Gasteiger partial charge in [0.15, 0.2) is 24.2 Å². The summed E-state index contributed by atoms with van der Waals surface area (Å²) in [4.78, 5) is 25.1. The number of hydrogen-bond donors (Lipinski definition) is 2. The maximum atomic E-state index is 12.9. The van der Waals surface area contributed by atoms with Crippen molar-refractivity contribution in [3.8, 4) is 0 Å². The molecule has 0 aromatic rings. The van der Waals surface area contributed by atoms with Gasteiger partial charge < -0.3 is 43.8 Å². The molecule has 0 saturated carbocycles. The molecule has 0 unspecified atom stereocenters. The van der Waals surface area contributed by atoms with E-state index in [-0.39, 0.29) is 37.7 Å². The van der Waals surface area contributed by atoms with Crippen LogP contribution in [0.4, 0.5) is 0 Å². The van der Waals surface area contributed by atoms with Crippen molar-refractivity contribution < 1.29 is 42.7 Å². The third-order valence-corrected chi connectivity index (χ3v) is 6.62. The Hall–Kier alpha value is -1.60. The molecule has 0 radical (unpaired) electrons. The van der Waals surface area contributed by atoms with E-state index >= 15 is 0 Å². The Kier molecular flexibility index (Phi) is 5.60. The first-order valence-electron chi connectivity index (χ1n) is 11.4. The standard InChI is InChI=1S/C22H32N2O9/c1-6-27-15(26)7-11-12(28-18-16(11)30-20(2,3)32-18)9-23-14(25)8-22-13(10-24-22)29-19-17(22)31-21(4,5)33-19/h7,12-13,16-19,24H,6,8-10H2,1-5H3,(H,23,25)/b11-7-/t12-,13-,16-,17+,18-,19-,22+/m1/s1. The van der Waals surface area contributed by atoms with E-state index in [0.29, 0.717) is 12.1 Å². The number of nitrogens with one attached hydrogen (secondary N) is 2. The van der Waals surface area contributed by atoms with Gasteiger partial charge in [-0.25, -0.2) is 4.79 Å². The van der Waals surface area contributed by atoms with E-state index in [4.69, 9.17) is 33.2 Å². The molecular weight excluding hydrogens is 436 g/mol. The van der Waals surface area contributed by atoms with Gasteiger partial charge in [-0.1, -0.05) is 0 Å². The predicted octanol–water partition coefficient (Wildman–Crippen LogP) is 0.0770. The zero-order chi connectivity index (χ0) is 23.6. The zero-order valence-corrected chi connectivity index (χ0v) is 19.5. The number of fused-ring (bicyclic) bond motifs is 4. The lowest BCUT2D eigenvalue weighted by molar-refractivity contribution is -0.224. The van der Waals surface area contributed by atoms with Crippen LogP contribution in [0.3, 0.4) is 0 Å². The summed E-state index contributed by atoms with van der Waals surface area (Å²) >= 11 is 0. The minimum Gasteiger partial charge on any atom is -0.463 e. The fourth-order valence-electron chi connectivity index (χ4n) is 5.19. The van der Waals surface area contributed by atoms with Crippen molar-refractivity contribution in [3.63, 3.8) is 0 Å². The van der Waals surface area contributed by atoms with Crippen LogP contribution in [0.25, 0.3) is 0 Å². The van der Waals surface area contributed by atoms with Crippen LogP contribution in [0.15, 0.2) is 11.6 Å². The van der Waals surface area contributed by atoms with Crippen molar-refractivity contribution in [2.45, 2.75) is 95.1 Å². The second kappa shape index (κ2) is 7.98. The largest absolute Gasteiger partial charge is 0.463 e. The smallest absolute Gasteiger partial charge is 0.330 e. The number of esters is 1.